The number of carboxylic acid groups (broad SMARTS) is 1. The third-order valence-corrected chi connectivity index (χ3v) is 6.89. The molecule has 0 aliphatic heterocycles. The van der Waals surface area contributed by atoms with Crippen LogP contribution in [-0.2, 0) is 20.8 Å². The van der Waals surface area contributed by atoms with Crippen LogP contribution in [0.4, 0.5) is 21.9 Å². The molecule has 3 aromatic carbocycles. The van der Waals surface area contributed by atoms with E-state index < -0.39 is 12.0 Å². The minimum absolute atomic E-state index is 0.00623. The Morgan fingerprint density at radius 2 is 1.61 bits per heavy atom. The molecule has 10 nitrogen and oxygen atoms in total. The van der Waals surface area contributed by atoms with Crippen molar-refractivity contribution in [2.75, 3.05) is 41.9 Å². The van der Waals surface area contributed by atoms with Gasteiger partial charge in [-0.1, -0.05) is 43.3 Å². The molecule has 214 valence electrons. The fourth-order valence-electron chi connectivity index (χ4n) is 4.22. The Labute approximate surface area is 238 Å². The summed E-state index contributed by atoms with van der Waals surface area (Å²) in [7, 11) is 1.68. The first-order valence-corrected chi connectivity index (χ1v) is 13.3. The van der Waals surface area contributed by atoms with Crippen LogP contribution < -0.4 is 25.2 Å². The molecule has 0 bridgehead atoms. The predicted octanol–water partition coefficient (Wildman–Crippen LogP) is 4.31. The van der Waals surface area contributed by atoms with E-state index in [0.29, 0.717) is 29.2 Å². The summed E-state index contributed by atoms with van der Waals surface area (Å²) in [6, 6.07) is 22.2. The number of carboxylic acids is 1. The van der Waals surface area contributed by atoms with Crippen molar-refractivity contribution in [2.24, 2.45) is 5.41 Å². The Kier molecular flexibility index (Phi) is 9.23. The lowest BCUT2D eigenvalue weighted by atomic mass is 10.1. The van der Waals surface area contributed by atoms with Gasteiger partial charge in [0.2, 0.25) is 5.91 Å². The number of nitrogens with zero attached hydrogens (tertiary/aromatic N) is 2. The van der Waals surface area contributed by atoms with E-state index in [1.54, 1.807) is 60.5 Å². The van der Waals surface area contributed by atoms with E-state index in [4.69, 9.17) is 9.84 Å². The van der Waals surface area contributed by atoms with Gasteiger partial charge in [-0.15, -0.1) is 0 Å². The number of nitrogens with one attached hydrogen (secondary N) is 2. The van der Waals surface area contributed by atoms with Crippen molar-refractivity contribution >= 4 is 40.9 Å². The Hall–Kier alpha value is -4.86. The molecule has 0 heterocycles. The molecule has 1 fully saturated rings. The summed E-state index contributed by atoms with van der Waals surface area (Å²) in [6.45, 7) is 2.17. The lowest BCUT2D eigenvalue weighted by Crippen LogP contribution is -2.43. The molecule has 1 aliphatic carbocycles. The zero-order valence-corrected chi connectivity index (χ0v) is 23.1. The molecule has 1 saturated carbocycles. The highest BCUT2D eigenvalue weighted by Crippen LogP contribution is 2.46. The summed E-state index contributed by atoms with van der Waals surface area (Å²) in [4.78, 5) is 52.6. The zero-order valence-electron chi connectivity index (χ0n) is 23.1. The molecule has 41 heavy (non-hydrogen) atoms. The van der Waals surface area contributed by atoms with Crippen molar-refractivity contribution in [1.82, 2.24) is 5.32 Å². The average molecular weight is 559 g/mol. The monoisotopic (exact) mass is 558 g/mol. The zero-order chi connectivity index (χ0) is 29.4. The number of hydrogen-bond donors (Lipinski definition) is 3. The van der Waals surface area contributed by atoms with Crippen molar-refractivity contribution in [3.63, 3.8) is 0 Å². The van der Waals surface area contributed by atoms with E-state index >= 15 is 0 Å². The third-order valence-electron chi connectivity index (χ3n) is 6.89. The van der Waals surface area contributed by atoms with Gasteiger partial charge < -0.3 is 30.3 Å². The van der Waals surface area contributed by atoms with E-state index in [9.17, 15) is 19.2 Å². The van der Waals surface area contributed by atoms with Gasteiger partial charge in [-0.2, -0.15) is 0 Å². The van der Waals surface area contributed by atoms with Gasteiger partial charge in [0, 0.05) is 36.7 Å². The number of ether oxygens (including phenoxy) is 1. The van der Waals surface area contributed by atoms with Gasteiger partial charge in [0.1, 0.15) is 5.75 Å². The highest BCUT2D eigenvalue weighted by atomic mass is 16.5. The van der Waals surface area contributed by atoms with Crippen LogP contribution in [0.5, 0.6) is 5.75 Å². The lowest BCUT2D eigenvalue weighted by Gasteiger charge is -2.27. The third kappa shape index (κ3) is 8.56. The number of anilines is 3. The van der Waals surface area contributed by atoms with Crippen molar-refractivity contribution in [3.8, 4) is 5.75 Å². The van der Waals surface area contributed by atoms with Gasteiger partial charge in [-0.25, -0.2) is 4.79 Å². The normalized spacial score (nSPS) is 13.0. The summed E-state index contributed by atoms with van der Waals surface area (Å²) in [6.07, 6.45) is 1.83. The summed E-state index contributed by atoms with van der Waals surface area (Å²) in [5.41, 5.74) is 2.33. The largest absolute Gasteiger partial charge is 0.484 e. The van der Waals surface area contributed by atoms with Gasteiger partial charge in [-0.3, -0.25) is 14.4 Å². The first-order chi connectivity index (χ1) is 19.6. The molecule has 0 aromatic heterocycles. The molecule has 0 saturated heterocycles. The number of likely N-dealkylation sites (N-methyl/N-ethyl adjacent to an activating group) is 1. The topological polar surface area (TPSA) is 128 Å². The molecular formula is C31H34N4O6. The number of benzene rings is 3. The number of carbonyl (C=O) groups is 4. The molecule has 3 N–H and O–H groups in total. The molecule has 1 aliphatic rings. The number of urea groups is 1. The van der Waals surface area contributed by atoms with Crippen LogP contribution in [0.25, 0.3) is 0 Å². The molecule has 3 aromatic rings. The van der Waals surface area contributed by atoms with Gasteiger partial charge >= 0.3 is 12.0 Å². The van der Waals surface area contributed by atoms with E-state index in [-0.39, 0.29) is 36.8 Å². The average Bonchev–Trinajstić information content (AvgIpc) is 3.70. The van der Waals surface area contributed by atoms with Crippen LogP contribution in [0, 0.1) is 5.41 Å². The van der Waals surface area contributed by atoms with E-state index in [0.717, 1.165) is 18.5 Å². The SMILES string of the molecule is CN(C(=O)COc1cccc(N(CC2(C)CC2)C(=O)CNC(=O)Nc2cccc(CC(=O)O)c2)c1)c1ccccc1. The number of hydrogen-bond acceptors (Lipinski definition) is 5. The maximum atomic E-state index is 13.3. The summed E-state index contributed by atoms with van der Waals surface area (Å²) in [5, 5.41) is 14.2. The number of aliphatic carboxylic acids is 1. The summed E-state index contributed by atoms with van der Waals surface area (Å²) < 4.78 is 5.78. The first kappa shape index (κ1) is 29.1. The molecule has 4 amide bonds. The van der Waals surface area contributed by atoms with E-state index in [1.165, 1.54) is 4.90 Å². The number of carbonyl (C=O) groups excluding carboxylic acids is 3. The molecule has 10 heteroatoms. The minimum atomic E-state index is -0.970. The van der Waals surface area contributed by atoms with E-state index in [2.05, 4.69) is 17.6 Å². The minimum Gasteiger partial charge on any atom is -0.484 e. The summed E-state index contributed by atoms with van der Waals surface area (Å²) >= 11 is 0. The van der Waals surface area contributed by atoms with Gasteiger partial charge in [0.15, 0.2) is 6.61 Å². The van der Waals surface area contributed by atoms with Gasteiger partial charge in [0.05, 0.1) is 13.0 Å². The molecule has 0 radical (unpaired) electrons. The van der Waals surface area contributed by atoms with Crippen LogP contribution in [0.3, 0.4) is 0 Å². The Bertz CT molecular complexity index is 1410. The van der Waals surface area contributed by atoms with E-state index in [1.807, 2.05) is 30.3 Å². The van der Waals surface area contributed by atoms with Crippen molar-refractivity contribution in [2.45, 2.75) is 26.2 Å². The summed E-state index contributed by atoms with van der Waals surface area (Å²) in [5.74, 6) is -1.04. The predicted molar refractivity (Wildman–Crippen MR) is 156 cm³/mol. The molecule has 0 unspecified atom stereocenters. The maximum Gasteiger partial charge on any atom is 0.319 e. The molecule has 0 spiro atoms. The van der Waals surface area contributed by atoms with Crippen molar-refractivity contribution < 1.29 is 29.0 Å². The van der Waals surface area contributed by atoms with Gasteiger partial charge in [0.25, 0.3) is 5.91 Å². The molecular weight excluding hydrogens is 524 g/mol. The Balaban J connectivity index is 1.37. The second kappa shape index (κ2) is 13.0. The number of amides is 4. The van der Waals surface area contributed by atoms with Crippen LogP contribution in [0.2, 0.25) is 0 Å². The maximum absolute atomic E-state index is 13.3. The highest BCUT2D eigenvalue weighted by Gasteiger charge is 2.40. The quantitative estimate of drug-likeness (QED) is 0.304. The van der Waals surface area contributed by atoms with Crippen molar-refractivity contribution in [3.05, 3.63) is 84.4 Å². The number of rotatable bonds is 12. The van der Waals surface area contributed by atoms with Crippen LogP contribution in [0.1, 0.15) is 25.3 Å². The van der Waals surface area contributed by atoms with Crippen LogP contribution >= 0.6 is 0 Å². The second-order valence-corrected chi connectivity index (χ2v) is 10.4. The Morgan fingerprint density at radius 1 is 0.902 bits per heavy atom. The smallest absolute Gasteiger partial charge is 0.319 e. The van der Waals surface area contributed by atoms with Crippen LogP contribution in [0.15, 0.2) is 78.9 Å². The van der Waals surface area contributed by atoms with Gasteiger partial charge in [-0.05, 0) is 60.2 Å². The number of para-hydroxylation sites is 1. The molecule has 0 atom stereocenters. The molecule has 4 rings (SSSR count). The standard InChI is InChI=1S/C31H34N4O6/c1-31(14-15-31)21-35(27(36)19-32-30(40)33-23-9-6-8-22(16-23)17-29(38)39)25-12-7-13-26(18-25)41-20-28(37)34(2)24-10-4-3-5-11-24/h3-13,16,18H,14-15,17,19-21H2,1-2H3,(H,38,39)(H2,32,33,40). The first-order valence-electron chi connectivity index (χ1n) is 13.3. The second-order valence-electron chi connectivity index (χ2n) is 10.4. The fourth-order valence-corrected chi connectivity index (χ4v) is 4.22. The van der Waals surface area contributed by atoms with Crippen molar-refractivity contribution in [1.29, 1.82) is 0 Å². The Morgan fingerprint density at radius 3 is 2.32 bits per heavy atom. The van der Waals surface area contributed by atoms with Crippen LogP contribution in [-0.4, -0.2) is 55.7 Å². The highest BCUT2D eigenvalue weighted by molar-refractivity contribution is 5.99. The lowest BCUT2D eigenvalue weighted by molar-refractivity contribution is -0.136. The fraction of sp³-hybridized carbons (Fsp3) is 0.290.